The summed E-state index contributed by atoms with van der Waals surface area (Å²) in [6.45, 7) is 0.0271. The number of hydrogen-bond donors (Lipinski definition) is 2. The molecule has 9 heteroatoms. The van der Waals surface area contributed by atoms with Gasteiger partial charge in [0, 0.05) is 24.2 Å². The number of hydrogen-bond acceptors (Lipinski definition) is 5. The maximum Gasteiger partial charge on any atom is 0.255 e. The van der Waals surface area contributed by atoms with E-state index in [1.54, 1.807) is 18.2 Å². The lowest BCUT2D eigenvalue weighted by molar-refractivity contribution is 0.102. The average Bonchev–Trinajstić information content (AvgIpc) is 2.62. The lowest BCUT2D eigenvalue weighted by Gasteiger charge is -2.09. The van der Waals surface area contributed by atoms with Crippen LogP contribution >= 0.6 is 11.6 Å². The lowest BCUT2D eigenvalue weighted by Crippen LogP contribution is -2.24. The van der Waals surface area contributed by atoms with Crippen LogP contribution in [0.5, 0.6) is 5.75 Å². The average molecular weight is 394 g/mol. The fourth-order valence-corrected chi connectivity index (χ4v) is 3.35. The topological polar surface area (TPSA) is 108 Å². The van der Waals surface area contributed by atoms with Gasteiger partial charge in [-0.05, 0) is 42.5 Å². The maximum atomic E-state index is 12.3. The highest BCUT2D eigenvalue weighted by atomic mass is 35.5. The van der Waals surface area contributed by atoms with E-state index in [4.69, 9.17) is 21.6 Å². The van der Waals surface area contributed by atoms with Crippen molar-refractivity contribution < 1.29 is 17.9 Å². The molecule has 2 aromatic carbocycles. The highest BCUT2D eigenvalue weighted by Gasteiger charge is 2.14. The van der Waals surface area contributed by atoms with Crippen molar-refractivity contribution in [1.29, 1.82) is 5.26 Å². The number of carbonyl (C=O) groups is 1. The van der Waals surface area contributed by atoms with Gasteiger partial charge in [-0.25, -0.2) is 13.1 Å². The molecule has 1 amide bonds. The quantitative estimate of drug-likeness (QED) is 0.703. The van der Waals surface area contributed by atoms with Crippen molar-refractivity contribution in [1.82, 2.24) is 4.72 Å². The van der Waals surface area contributed by atoms with Gasteiger partial charge < -0.3 is 10.1 Å². The Labute approximate surface area is 156 Å². The Balaban J connectivity index is 2.09. The van der Waals surface area contributed by atoms with Crippen molar-refractivity contribution in [3.05, 3.63) is 53.1 Å². The second-order valence-corrected chi connectivity index (χ2v) is 7.31. The van der Waals surface area contributed by atoms with Gasteiger partial charge in [-0.3, -0.25) is 4.79 Å². The molecule has 7 nitrogen and oxygen atoms in total. The van der Waals surface area contributed by atoms with Crippen LogP contribution in [0.1, 0.15) is 16.8 Å². The number of sulfonamides is 1. The van der Waals surface area contributed by atoms with E-state index in [1.807, 2.05) is 6.07 Å². The molecule has 136 valence electrons. The third kappa shape index (κ3) is 4.95. The van der Waals surface area contributed by atoms with Gasteiger partial charge in [0.05, 0.1) is 23.1 Å². The SMILES string of the molecule is COc1ccc(NC(=O)c2ccc(S(=O)(=O)NCCC#N)cc2)cc1Cl. The number of rotatable bonds is 7. The Morgan fingerprint density at radius 1 is 1.23 bits per heavy atom. The molecule has 26 heavy (non-hydrogen) atoms. The van der Waals surface area contributed by atoms with Crippen LogP contribution in [-0.2, 0) is 10.0 Å². The first-order valence-electron chi connectivity index (χ1n) is 7.49. The molecule has 2 N–H and O–H groups in total. The molecule has 0 bridgehead atoms. The second-order valence-electron chi connectivity index (χ2n) is 5.13. The van der Waals surface area contributed by atoms with Crippen molar-refractivity contribution in [2.45, 2.75) is 11.3 Å². The van der Waals surface area contributed by atoms with Crippen LogP contribution in [-0.4, -0.2) is 28.0 Å². The number of nitrogens with zero attached hydrogens (tertiary/aromatic N) is 1. The lowest BCUT2D eigenvalue weighted by atomic mass is 10.2. The van der Waals surface area contributed by atoms with Gasteiger partial charge in [-0.1, -0.05) is 11.6 Å². The normalized spacial score (nSPS) is 10.8. The maximum absolute atomic E-state index is 12.3. The van der Waals surface area contributed by atoms with Crippen LogP contribution in [0.15, 0.2) is 47.4 Å². The summed E-state index contributed by atoms with van der Waals surface area (Å²) in [6, 6.07) is 12.1. The molecule has 0 heterocycles. The number of benzene rings is 2. The summed E-state index contributed by atoms with van der Waals surface area (Å²) in [5.41, 5.74) is 0.767. The molecule has 0 atom stereocenters. The summed E-state index contributed by atoms with van der Waals surface area (Å²) < 4.78 is 31.4. The van der Waals surface area contributed by atoms with E-state index >= 15 is 0 Å². The molecule has 2 rings (SSSR count). The fraction of sp³-hybridized carbons (Fsp3) is 0.176. The first-order chi connectivity index (χ1) is 12.4. The summed E-state index contributed by atoms with van der Waals surface area (Å²) in [5.74, 6) is 0.0794. The minimum Gasteiger partial charge on any atom is -0.495 e. The molecular weight excluding hydrogens is 378 g/mol. The number of halogens is 1. The Kier molecular flexibility index (Phi) is 6.58. The van der Waals surface area contributed by atoms with E-state index in [9.17, 15) is 13.2 Å². The van der Waals surface area contributed by atoms with Crippen LogP contribution in [0, 0.1) is 11.3 Å². The summed E-state index contributed by atoms with van der Waals surface area (Å²) in [7, 11) is -2.22. The van der Waals surface area contributed by atoms with E-state index in [1.165, 1.54) is 31.4 Å². The number of nitrogens with one attached hydrogen (secondary N) is 2. The second kappa shape index (κ2) is 8.67. The minimum absolute atomic E-state index is 0.0134. The van der Waals surface area contributed by atoms with Gasteiger partial charge in [0.1, 0.15) is 5.75 Å². The van der Waals surface area contributed by atoms with Gasteiger partial charge in [-0.2, -0.15) is 5.26 Å². The number of methoxy groups -OCH3 is 1. The zero-order valence-corrected chi connectivity index (χ0v) is 15.4. The van der Waals surface area contributed by atoms with Crippen LogP contribution in [0.2, 0.25) is 5.02 Å². The molecule has 0 saturated carbocycles. The molecule has 0 aromatic heterocycles. The van der Waals surface area contributed by atoms with Crippen LogP contribution in [0.25, 0.3) is 0 Å². The first-order valence-corrected chi connectivity index (χ1v) is 9.35. The summed E-state index contributed by atoms with van der Waals surface area (Å²) in [4.78, 5) is 12.3. The molecule has 0 fully saturated rings. The Morgan fingerprint density at radius 3 is 2.50 bits per heavy atom. The molecular formula is C17H16ClN3O4S. The zero-order valence-electron chi connectivity index (χ0n) is 13.8. The van der Waals surface area contributed by atoms with E-state index in [2.05, 4.69) is 10.0 Å². The summed E-state index contributed by atoms with van der Waals surface area (Å²) in [5, 5.41) is 11.5. The standard InChI is InChI=1S/C17H16ClN3O4S/c1-25-16-8-5-13(11-15(16)18)21-17(22)12-3-6-14(7-4-12)26(23,24)20-10-2-9-19/h3-8,11,20H,2,10H2,1H3,(H,21,22). The van der Waals surface area contributed by atoms with Crippen molar-refractivity contribution in [2.75, 3.05) is 19.0 Å². The molecule has 0 saturated heterocycles. The Morgan fingerprint density at radius 2 is 1.92 bits per heavy atom. The van der Waals surface area contributed by atoms with Gasteiger partial charge in [0.15, 0.2) is 0 Å². The smallest absolute Gasteiger partial charge is 0.255 e. The van der Waals surface area contributed by atoms with E-state index in [0.29, 0.717) is 16.5 Å². The third-order valence-corrected chi connectivity index (χ3v) is 5.14. The van der Waals surface area contributed by atoms with Crippen LogP contribution in [0.4, 0.5) is 5.69 Å². The highest BCUT2D eigenvalue weighted by molar-refractivity contribution is 7.89. The van der Waals surface area contributed by atoms with Crippen molar-refractivity contribution in [3.63, 3.8) is 0 Å². The molecule has 0 unspecified atom stereocenters. The Hall–Kier alpha value is -2.60. The molecule has 0 aliphatic rings. The van der Waals surface area contributed by atoms with Crippen LogP contribution < -0.4 is 14.8 Å². The molecule has 0 aliphatic heterocycles. The van der Waals surface area contributed by atoms with Crippen LogP contribution in [0.3, 0.4) is 0 Å². The number of amides is 1. The van der Waals surface area contributed by atoms with E-state index < -0.39 is 15.9 Å². The van der Waals surface area contributed by atoms with Gasteiger partial charge >= 0.3 is 0 Å². The first kappa shape index (κ1) is 19.7. The van der Waals surface area contributed by atoms with E-state index in [0.717, 1.165) is 0 Å². The van der Waals surface area contributed by atoms with Gasteiger partial charge in [-0.15, -0.1) is 0 Å². The molecule has 0 spiro atoms. The molecule has 2 aromatic rings. The van der Waals surface area contributed by atoms with Gasteiger partial charge in [0.2, 0.25) is 10.0 Å². The summed E-state index contributed by atoms with van der Waals surface area (Å²) >= 11 is 6.01. The van der Waals surface area contributed by atoms with Gasteiger partial charge in [0.25, 0.3) is 5.91 Å². The Bertz CT molecular complexity index is 937. The zero-order chi connectivity index (χ0) is 19.2. The number of ether oxygens (including phenoxy) is 1. The number of anilines is 1. The van der Waals surface area contributed by atoms with Crippen molar-refractivity contribution in [2.24, 2.45) is 0 Å². The minimum atomic E-state index is -3.71. The third-order valence-electron chi connectivity index (χ3n) is 3.37. The summed E-state index contributed by atoms with van der Waals surface area (Å²) in [6.07, 6.45) is 0.0736. The number of carbonyl (C=O) groups excluding carboxylic acids is 1. The molecule has 0 aliphatic carbocycles. The van der Waals surface area contributed by atoms with Crippen molar-refractivity contribution in [3.8, 4) is 11.8 Å². The molecule has 0 radical (unpaired) electrons. The largest absolute Gasteiger partial charge is 0.495 e. The highest BCUT2D eigenvalue weighted by Crippen LogP contribution is 2.27. The predicted octanol–water partition coefficient (Wildman–Crippen LogP) is 2.79. The van der Waals surface area contributed by atoms with E-state index in [-0.39, 0.29) is 23.4 Å². The monoisotopic (exact) mass is 393 g/mol. The van der Waals surface area contributed by atoms with Crippen molar-refractivity contribution >= 4 is 33.2 Å². The number of nitriles is 1. The fourth-order valence-electron chi connectivity index (χ4n) is 2.06. The predicted molar refractivity (Wildman–Crippen MR) is 97.8 cm³/mol.